The first-order valence-electron chi connectivity index (χ1n) is 11.6. The number of benzene rings is 3. The minimum atomic E-state index is -0.280. The van der Waals surface area contributed by atoms with Crippen molar-refractivity contribution in [1.82, 2.24) is 0 Å². The third-order valence-electron chi connectivity index (χ3n) is 5.38. The Morgan fingerprint density at radius 3 is 2.43 bits per heavy atom. The monoisotopic (exact) mass is 534 g/mol. The second-order valence-electron chi connectivity index (χ2n) is 8.06. The molecule has 9 heteroatoms. The lowest BCUT2D eigenvalue weighted by molar-refractivity contribution is -0.118. The highest BCUT2D eigenvalue weighted by Crippen LogP contribution is 2.37. The summed E-state index contributed by atoms with van der Waals surface area (Å²) >= 11 is 6.70. The number of thiocarbonyl (C=S) groups is 1. The summed E-state index contributed by atoms with van der Waals surface area (Å²) in [7, 11) is 1.59. The van der Waals surface area contributed by atoms with Crippen molar-refractivity contribution in [3.63, 3.8) is 0 Å². The lowest BCUT2D eigenvalue weighted by atomic mass is 10.1. The number of thioether (sulfide) groups is 1. The summed E-state index contributed by atoms with van der Waals surface area (Å²) in [5, 5.41) is 2.81. The van der Waals surface area contributed by atoms with E-state index < -0.39 is 0 Å². The molecule has 0 aliphatic carbocycles. The molecule has 3 aromatic rings. The quantitative estimate of drug-likeness (QED) is 0.274. The van der Waals surface area contributed by atoms with Crippen molar-refractivity contribution in [2.24, 2.45) is 0 Å². The number of ether oxygens (including phenoxy) is 3. The molecule has 0 aromatic heterocycles. The van der Waals surface area contributed by atoms with Crippen LogP contribution in [0, 0.1) is 6.92 Å². The van der Waals surface area contributed by atoms with E-state index in [0.717, 1.165) is 11.1 Å². The summed E-state index contributed by atoms with van der Waals surface area (Å²) in [6.45, 7) is 4.08. The van der Waals surface area contributed by atoms with Crippen LogP contribution in [0.15, 0.2) is 71.6 Å². The topological polar surface area (TPSA) is 77.1 Å². The number of aryl methyl sites for hydroxylation is 1. The van der Waals surface area contributed by atoms with Crippen molar-refractivity contribution >= 4 is 57.6 Å². The fraction of sp³-hybridized carbons (Fsp3) is 0.179. The van der Waals surface area contributed by atoms with Crippen LogP contribution in [0.3, 0.4) is 0 Å². The van der Waals surface area contributed by atoms with Crippen LogP contribution in [0.25, 0.3) is 6.08 Å². The summed E-state index contributed by atoms with van der Waals surface area (Å²) in [4.78, 5) is 27.4. The van der Waals surface area contributed by atoms with E-state index in [1.807, 2.05) is 38.1 Å². The summed E-state index contributed by atoms with van der Waals surface area (Å²) in [6, 6.07) is 20.0. The number of rotatable bonds is 9. The highest BCUT2D eigenvalue weighted by atomic mass is 32.2. The molecule has 1 saturated heterocycles. The maximum atomic E-state index is 13.1. The Morgan fingerprint density at radius 2 is 1.76 bits per heavy atom. The van der Waals surface area contributed by atoms with E-state index in [0.29, 0.717) is 44.5 Å². The van der Waals surface area contributed by atoms with Crippen LogP contribution >= 0.6 is 24.0 Å². The molecule has 0 unspecified atom stereocenters. The van der Waals surface area contributed by atoms with Gasteiger partial charge in [0.1, 0.15) is 5.75 Å². The third kappa shape index (κ3) is 6.49. The second kappa shape index (κ2) is 11.9. The Hall–Kier alpha value is -3.82. The predicted molar refractivity (Wildman–Crippen MR) is 152 cm³/mol. The van der Waals surface area contributed by atoms with Gasteiger partial charge in [-0.3, -0.25) is 14.5 Å². The van der Waals surface area contributed by atoms with Gasteiger partial charge in [0.2, 0.25) is 0 Å². The van der Waals surface area contributed by atoms with E-state index in [2.05, 4.69) is 5.32 Å². The zero-order valence-corrected chi connectivity index (χ0v) is 22.3. The van der Waals surface area contributed by atoms with E-state index in [1.54, 1.807) is 55.7 Å². The summed E-state index contributed by atoms with van der Waals surface area (Å²) in [5.74, 6) is 1.13. The van der Waals surface area contributed by atoms with Gasteiger partial charge in [0.05, 0.1) is 24.3 Å². The molecule has 1 aliphatic rings. The van der Waals surface area contributed by atoms with Crippen molar-refractivity contribution in [2.45, 2.75) is 13.8 Å². The van der Waals surface area contributed by atoms with Gasteiger partial charge >= 0.3 is 0 Å². The molecule has 0 radical (unpaired) electrons. The lowest BCUT2D eigenvalue weighted by Crippen LogP contribution is -2.27. The Balaban J connectivity index is 1.46. The van der Waals surface area contributed by atoms with Crippen LogP contribution in [0.5, 0.6) is 17.2 Å². The molecule has 1 aliphatic heterocycles. The van der Waals surface area contributed by atoms with Crippen LogP contribution in [-0.4, -0.2) is 36.5 Å². The number of anilines is 2. The summed E-state index contributed by atoms with van der Waals surface area (Å²) < 4.78 is 17.1. The zero-order valence-electron chi connectivity index (χ0n) is 20.6. The van der Waals surface area contributed by atoms with Gasteiger partial charge in [-0.25, -0.2) is 0 Å². The molecule has 0 spiro atoms. The van der Waals surface area contributed by atoms with Crippen LogP contribution in [0.4, 0.5) is 11.4 Å². The van der Waals surface area contributed by atoms with E-state index in [9.17, 15) is 9.59 Å². The normalized spacial score (nSPS) is 14.1. The number of nitrogens with one attached hydrogen (secondary N) is 1. The lowest BCUT2D eigenvalue weighted by Gasteiger charge is -2.14. The maximum Gasteiger partial charge on any atom is 0.270 e. The minimum Gasteiger partial charge on any atom is -0.497 e. The molecule has 1 heterocycles. The van der Waals surface area contributed by atoms with Gasteiger partial charge in [0.15, 0.2) is 22.4 Å². The number of hydrogen-bond donors (Lipinski definition) is 1. The Morgan fingerprint density at radius 1 is 1.03 bits per heavy atom. The standard InChI is InChI=1S/C28H26N2O5S2/c1-4-34-24-15-19(7-14-23(24)35-17-26(31)29-20-8-5-18(2)6-9-20)16-25-27(32)30(28(36)37-25)21-10-12-22(33-3)13-11-21/h5-16H,4,17H2,1-3H3,(H,29,31)/b25-16-. The minimum absolute atomic E-state index is 0.173. The largest absolute Gasteiger partial charge is 0.497 e. The fourth-order valence-electron chi connectivity index (χ4n) is 3.55. The zero-order chi connectivity index (χ0) is 26.4. The van der Waals surface area contributed by atoms with Crippen molar-refractivity contribution in [3.05, 3.63) is 82.8 Å². The summed E-state index contributed by atoms with van der Waals surface area (Å²) in [5.41, 5.74) is 3.23. The number of hydrogen-bond acceptors (Lipinski definition) is 7. The van der Waals surface area contributed by atoms with Crippen molar-refractivity contribution in [1.29, 1.82) is 0 Å². The molecule has 3 aromatic carbocycles. The molecule has 37 heavy (non-hydrogen) atoms. The Kier molecular flexibility index (Phi) is 8.47. The molecule has 190 valence electrons. The van der Waals surface area contributed by atoms with E-state index in [-0.39, 0.29) is 18.4 Å². The number of nitrogens with zero attached hydrogens (tertiary/aromatic N) is 1. The number of carbonyl (C=O) groups excluding carboxylic acids is 2. The highest BCUT2D eigenvalue weighted by Gasteiger charge is 2.33. The Bertz CT molecular complexity index is 1340. The molecule has 1 N–H and O–H groups in total. The van der Waals surface area contributed by atoms with Gasteiger partial charge < -0.3 is 19.5 Å². The predicted octanol–water partition coefficient (Wildman–Crippen LogP) is 5.83. The first-order valence-corrected chi connectivity index (χ1v) is 12.8. The van der Waals surface area contributed by atoms with Crippen LogP contribution in [-0.2, 0) is 9.59 Å². The molecule has 7 nitrogen and oxygen atoms in total. The van der Waals surface area contributed by atoms with Crippen LogP contribution < -0.4 is 24.4 Å². The van der Waals surface area contributed by atoms with Crippen molar-refractivity contribution in [2.75, 3.05) is 30.5 Å². The van der Waals surface area contributed by atoms with E-state index in [4.69, 9.17) is 26.4 Å². The van der Waals surface area contributed by atoms with Gasteiger partial charge in [0.25, 0.3) is 11.8 Å². The van der Waals surface area contributed by atoms with Gasteiger partial charge in [-0.2, -0.15) is 0 Å². The molecular weight excluding hydrogens is 508 g/mol. The van der Waals surface area contributed by atoms with Crippen molar-refractivity contribution < 1.29 is 23.8 Å². The van der Waals surface area contributed by atoms with Crippen LogP contribution in [0.2, 0.25) is 0 Å². The molecule has 0 bridgehead atoms. The maximum absolute atomic E-state index is 13.1. The Labute approximate surface area is 225 Å². The molecule has 0 atom stereocenters. The average molecular weight is 535 g/mol. The van der Waals surface area contributed by atoms with Gasteiger partial charge in [-0.15, -0.1) is 0 Å². The first-order chi connectivity index (χ1) is 17.9. The molecule has 4 rings (SSSR count). The molecular formula is C28H26N2O5S2. The SMILES string of the molecule is CCOc1cc(/C=C2\SC(=S)N(c3ccc(OC)cc3)C2=O)ccc1OCC(=O)Nc1ccc(C)cc1. The summed E-state index contributed by atoms with van der Waals surface area (Å²) in [6.07, 6.45) is 1.76. The number of carbonyl (C=O) groups is 2. The average Bonchev–Trinajstić information content (AvgIpc) is 3.17. The molecule has 2 amide bonds. The first kappa shape index (κ1) is 26.2. The highest BCUT2D eigenvalue weighted by molar-refractivity contribution is 8.27. The van der Waals surface area contributed by atoms with Gasteiger partial charge in [-0.05, 0) is 74.0 Å². The van der Waals surface area contributed by atoms with Gasteiger partial charge in [0, 0.05) is 5.69 Å². The van der Waals surface area contributed by atoms with E-state index in [1.165, 1.54) is 16.7 Å². The smallest absolute Gasteiger partial charge is 0.270 e. The second-order valence-corrected chi connectivity index (χ2v) is 9.73. The molecule has 1 fully saturated rings. The van der Waals surface area contributed by atoms with E-state index >= 15 is 0 Å². The fourth-order valence-corrected chi connectivity index (χ4v) is 4.85. The van der Waals surface area contributed by atoms with Crippen LogP contribution in [0.1, 0.15) is 18.1 Å². The number of amides is 2. The van der Waals surface area contributed by atoms with Crippen molar-refractivity contribution in [3.8, 4) is 17.2 Å². The van der Waals surface area contributed by atoms with Gasteiger partial charge in [-0.1, -0.05) is 47.7 Å². The third-order valence-corrected chi connectivity index (χ3v) is 6.69. The number of methoxy groups -OCH3 is 1. The molecule has 0 saturated carbocycles.